The topological polar surface area (TPSA) is 61.4 Å². The molecule has 0 saturated heterocycles. The monoisotopic (exact) mass is 348 g/mol. The Kier molecular flexibility index (Phi) is 3.95. The lowest BCUT2D eigenvalue weighted by Crippen LogP contribution is -2.22. The van der Waals surface area contributed by atoms with Crippen LogP contribution in [0.1, 0.15) is 23.9 Å². The molecule has 0 fully saturated rings. The number of hydrogen-bond donors (Lipinski definition) is 0. The SMILES string of the molecule is CCn1c(=O)c2ccccc2n2c(COc3cc(C)cc(C)c3)nnc12. The van der Waals surface area contributed by atoms with Crippen LogP contribution in [0.2, 0.25) is 0 Å². The van der Waals surface area contributed by atoms with Crippen LogP contribution < -0.4 is 10.3 Å². The molecule has 0 atom stereocenters. The molecule has 6 heteroatoms. The van der Waals surface area contributed by atoms with E-state index in [9.17, 15) is 4.79 Å². The molecular weight excluding hydrogens is 328 g/mol. The quantitative estimate of drug-likeness (QED) is 0.568. The molecule has 6 nitrogen and oxygen atoms in total. The Morgan fingerprint density at radius 3 is 2.50 bits per heavy atom. The van der Waals surface area contributed by atoms with E-state index in [1.807, 2.05) is 61.6 Å². The second-order valence-corrected chi connectivity index (χ2v) is 6.43. The second kappa shape index (κ2) is 6.29. The van der Waals surface area contributed by atoms with E-state index in [4.69, 9.17) is 4.74 Å². The number of para-hydroxylation sites is 1. The molecule has 0 unspecified atom stereocenters. The minimum atomic E-state index is -0.0511. The van der Waals surface area contributed by atoms with Crippen molar-refractivity contribution in [2.75, 3.05) is 0 Å². The molecule has 0 aliphatic rings. The summed E-state index contributed by atoms with van der Waals surface area (Å²) in [5.41, 5.74) is 3.04. The molecule has 0 N–H and O–H groups in total. The number of aromatic nitrogens is 4. The smallest absolute Gasteiger partial charge is 0.262 e. The Hall–Kier alpha value is -3.15. The fraction of sp³-hybridized carbons (Fsp3) is 0.250. The molecule has 26 heavy (non-hydrogen) atoms. The van der Waals surface area contributed by atoms with Gasteiger partial charge >= 0.3 is 0 Å². The first-order valence-electron chi connectivity index (χ1n) is 8.65. The van der Waals surface area contributed by atoms with Gasteiger partial charge in [-0.15, -0.1) is 10.2 Å². The van der Waals surface area contributed by atoms with Gasteiger partial charge in [0.15, 0.2) is 5.82 Å². The number of nitrogens with zero attached hydrogens (tertiary/aromatic N) is 4. The maximum atomic E-state index is 12.7. The Morgan fingerprint density at radius 2 is 1.77 bits per heavy atom. The van der Waals surface area contributed by atoms with Gasteiger partial charge in [0.25, 0.3) is 5.56 Å². The summed E-state index contributed by atoms with van der Waals surface area (Å²) in [6.07, 6.45) is 0. The summed E-state index contributed by atoms with van der Waals surface area (Å²) in [7, 11) is 0. The third-order valence-electron chi connectivity index (χ3n) is 4.45. The normalized spacial score (nSPS) is 11.3. The summed E-state index contributed by atoms with van der Waals surface area (Å²) in [6.45, 7) is 6.81. The van der Waals surface area contributed by atoms with Gasteiger partial charge in [-0.05, 0) is 56.2 Å². The molecule has 0 amide bonds. The largest absolute Gasteiger partial charge is 0.486 e. The third-order valence-corrected chi connectivity index (χ3v) is 4.45. The Bertz CT molecular complexity index is 1150. The fourth-order valence-corrected chi connectivity index (χ4v) is 3.36. The van der Waals surface area contributed by atoms with Gasteiger partial charge in [-0.2, -0.15) is 0 Å². The Balaban J connectivity index is 1.83. The molecule has 4 aromatic rings. The van der Waals surface area contributed by atoms with E-state index in [1.165, 1.54) is 0 Å². The molecule has 0 aliphatic carbocycles. The van der Waals surface area contributed by atoms with Gasteiger partial charge in [0.05, 0.1) is 10.9 Å². The number of ether oxygens (including phenoxy) is 1. The van der Waals surface area contributed by atoms with E-state index < -0.39 is 0 Å². The lowest BCUT2D eigenvalue weighted by molar-refractivity contribution is 0.294. The lowest BCUT2D eigenvalue weighted by atomic mass is 10.1. The zero-order valence-electron chi connectivity index (χ0n) is 15.1. The van der Waals surface area contributed by atoms with Gasteiger partial charge in [0, 0.05) is 6.54 Å². The first kappa shape index (κ1) is 16.3. The number of hydrogen-bond acceptors (Lipinski definition) is 4. The fourth-order valence-electron chi connectivity index (χ4n) is 3.36. The van der Waals surface area contributed by atoms with Gasteiger partial charge in [-0.1, -0.05) is 18.2 Å². The maximum Gasteiger partial charge on any atom is 0.262 e. The zero-order chi connectivity index (χ0) is 18.3. The molecule has 0 bridgehead atoms. The highest BCUT2D eigenvalue weighted by atomic mass is 16.5. The molecule has 2 heterocycles. The summed E-state index contributed by atoms with van der Waals surface area (Å²) in [5, 5.41) is 9.17. The van der Waals surface area contributed by atoms with Crippen LogP contribution in [0.25, 0.3) is 16.7 Å². The predicted molar refractivity (Wildman–Crippen MR) is 101 cm³/mol. The molecule has 0 radical (unpaired) electrons. The lowest BCUT2D eigenvalue weighted by Gasteiger charge is -2.11. The Morgan fingerprint density at radius 1 is 1.04 bits per heavy atom. The van der Waals surface area contributed by atoms with Crippen molar-refractivity contribution in [3.8, 4) is 5.75 Å². The molecule has 2 aromatic heterocycles. The number of aryl methyl sites for hydroxylation is 3. The van der Waals surface area contributed by atoms with Crippen molar-refractivity contribution in [2.45, 2.75) is 33.9 Å². The van der Waals surface area contributed by atoms with E-state index in [0.717, 1.165) is 22.4 Å². The van der Waals surface area contributed by atoms with Crippen LogP contribution in [0.3, 0.4) is 0 Å². The average molecular weight is 348 g/mol. The van der Waals surface area contributed by atoms with Crippen LogP contribution in [-0.2, 0) is 13.2 Å². The van der Waals surface area contributed by atoms with Crippen LogP contribution >= 0.6 is 0 Å². The van der Waals surface area contributed by atoms with Crippen molar-refractivity contribution in [3.05, 3.63) is 69.8 Å². The molecule has 2 aromatic carbocycles. The molecule has 0 spiro atoms. The van der Waals surface area contributed by atoms with Crippen LogP contribution in [0.4, 0.5) is 0 Å². The molecule has 0 aliphatic heterocycles. The minimum absolute atomic E-state index is 0.0511. The zero-order valence-corrected chi connectivity index (χ0v) is 15.1. The van der Waals surface area contributed by atoms with Crippen molar-refractivity contribution >= 4 is 16.7 Å². The Labute approximate surface area is 150 Å². The van der Waals surface area contributed by atoms with Crippen molar-refractivity contribution < 1.29 is 4.74 Å². The van der Waals surface area contributed by atoms with Gasteiger partial charge in [-0.25, -0.2) is 0 Å². The van der Waals surface area contributed by atoms with Crippen LogP contribution in [0, 0.1) is 13.8 Å². The van der Waals surface area contributed by atoms with E-state index >= 15 is 0 Å². The number of rotatable bonds is 4. The van der Waals surface area contributed by atoms with Crippen LogP contribution in [-0.4, -0.2) is 19.2 Å². The second-order valence-electron chi connectivity index (χ2n) is 6.43. The molecular formula is C20H20N4O2. The van der Waals surface area contributed by atoms with Gasteiger partial charge in [-0.3, -0.25) is 13.8 Å². The summed E-state index contributed by atoms with van der Waals surface area (Å²) < 4.78 is 9.50. The highest BCUT2D eigenvalue weighted by Crippen LogP contribution is 2.19. The highest BCUT2D eigenvalue weighted by molar-refractivity contribution is 5.80. The predicted octanol–water partition coefficient (Wildman–Crippen LogP) is 3.26. The standard InChI is InChI=1S/C20H20N4O2/c1-4-23-19(25)16-7-5-6-8-17(16)24-18(21-22-20(23)24)12-26-15-10-13(2)9-14(3)11-15/h5-11H,4,12H2,1-3H3. The van der Waals surface area contributed by atoms with E-state index in [1.54, 1.807) is 4.57 Å². The first-order valence-corrected chi connectivity index (χ1v) is 8.65. The van der Waals surface area contributed by atoms with Crippen molar-refractivity contribution in [1.29, 1.82) is 0 Å². The van der Waals surface area contributed by atoms with Crippen molar-refractivity contribution in [3.63, 3.8) is 0 Å². The highest BCUT2D eigenvalue weighted by Gasteiger charge is 2.15. The van der Waals surface area contributed by atoms with E-state index in [-0.39, 0.29) is 12.2 Å². The summed E-state index contributed by atoms with van der Waals surface area (Å²) >= 11 is 0. The van der Waals surface area contributed by atoms with Crippen LogP contribution in [0.5, 0.6) is 5.75 Å². The van der Waals surface area contributed by atoms with E-state index in [0.29, 0.717) is 23.5 Å². The van der Waals surface area contributed by atoms with Crippen molar-refractivity contribution in [2.24, 2.45) is 0 Å². The maximum absolute atomic E-state index is 12.7. The van der Waals surface area contributed by atoms with Gasteiger partial charge in [0.2, 0.25) is 5.78 Å². The molecule has 4 rings (SSSR count). The minimum Gasteiger partial charge on any atom is -0.486 e. The summed E-state index contributed by atoms with van der Waals surface area (Å²) in [4.78, 5) is 12.7. The third kappa shape index (κ3) is 2.63. The van der Waals surface area contributed by atoms with Gasteiger partial charge < -0.3 is 4.74 Å². The first-order chi connectivity index (χ1) is 12.6. The number of benzene rings is 2. The summed E-state index contributed by atoms with van der Waals surface area (Å²) in [5.74, 6) is 2.00. The van der Waals surface area contributed by atoms with Crippen LogP contribution in [0.15, 0.2) is 47.3 Å². The number of fused-ring (bicyclic) bond motifs is 3. The van der Waals surface area contributed by atoms with Crippen molar-refractivity contribution in [1.82, 2.24) is 19.2 Å². The van der Waals surface area contributed by atoms with E-state index in [2.05, 4.69) is 16.3 Å². The van der Waals surface area contributed by atoms with Gasteiger partial charge in [0.1, 0.15) is 12.4 Å². The molecule has 132 valence electrons. The molecule has 0 saturated carbocycles. The average Bonchev–Trinajstić information content (AvgIpc) is 3.04. The summed E-state index contributed by atoms with van der Waals surface area (Å²) in [6, 6.07) is 13.6.